The van der Waals surface area contributed by atoms with Crippen LogP contribution in [0.3, 0.4) is 0 Å². The maximum absolute atomic E-state index is 11.9. The standard InChI is InChI=1S/C12H16BrN3O3/c1-7(11(17)18)6-16(3)12(19)15-10-4-9(13)5-14-8(10)2/h4-5,7H,6H2,1-3H3,(H,15,19)(H,17,18). The highest BCUT2D eigenvalue weighted by Crippen LogP contribution is 2.18. The first-order chi connectivity index (χ1) is 8.81. The molecule has 19 heavy (non-hydrogen) atoms. The predicted molar refractivity (Wildman–Crippen MR) is 75.1 cm³/mol. The summed E-state index contributed by atoms with van der Waals surface area (Å²) in [5, 5.41) is 11.5. The summed E-state index contributed by atoms with van der Waals surface area (Å²) in [5.41, 5.74) is 1.28. The Morgan fingerprint density at radius 2 is 2.21 bits per heavy atom. The number of urea groups is 1. The van der Waals surface area contributed by atoms with Crippen LogP contribution in [-0.4, -0.2) is 40.6 Å². The number of pyridine rings is 1. The first-order valence-electron chi connectivity index (χ1n) is 5.68. The van der Waals surface area contributed by atoms with E-state index in [4.69, 9.17) is 5.11 Å². The Bertz CT molecular complexity index is 493. The van der Waals surface area contributed by atoms with Gasteiger partial charge in [-0.1, -0.05) is 6.92 Å². The van der Waals surface area contributed by atoms with Gasteiger partial charge in [-0.15, -0.1) is 0 Å². The first-order valence-corrected chi connectivity index (χ1v) is 6.47. The van der Waals surface area contributed by atoms with Gasteiger partial charge in [-0.2, -0.15) is 0 Å². The molecule has 0 spiro atoms. The lowest BCUT2D eigenvalue weighted by molar-refractivity contribution is -0.141. The summed E-state index contributed by atoms with van der Waals surface area (Å²) in [5.74, 6) is -1.54. The summed E-state index contributed by atoms with van der Waals surface area (Å²) >= 11 is 3.28. The molecule has 0 aliphatic rings. The van der Waals surface area contributed by atoms with Crippen molar-refractivity contribution in [2.75, 3.05) is 18.9 Å². The van der Waals surface area contributed by atoms with Crippen LogP contribution in [0.2, 0.25) is 0 Å². The molecule has 0 aliphatic carbocycles. The lowest BCUT2D eigenvalue weighted by atomic mass is 10.2. The number of halogens is 1. The number of hydrogen-bond acceptors (Lipinski definition) is 3. The van der Waals surface area contributed by atoms with Gasteiger partial charge in [-0.25, -0.2) is 4.79 Å². The van der Waals surface area contributed by atoms with Crippen molar-refractivity contribution in [1.29, 1.82) is 0 Å². The minimum Gasteiger partial charge on any atom is -0.481 e. The van der Waals surface area contributed by atoms with Gasteiger partial charge in [0.15, 0.2) is 0 Å². The van der Waals surface area contributed by atoms with E-state index >= 15 is 0 Å². The summed E-state index contributed by atoms with van der Waals surface area (Å²) in [6, 6.07) is 1.38. The molecule has 0 fully saturated rings. The highest BCUT2D eigenvalue weighted by Gasteiger charge is 2.17. The van der Waals surface area contributed by atoms with Gasteiger partial charge in [-0.3, -0.25) is 9.78 Å². The van der Waals surface area contributed by atoms with E-state index in [-0.39, 0.29) is 12.6 Å². The number of aliphatic carboxylic acids is 1. The fourth-order valence-corrected chi connectivity index (χ4v) is 1.75. The Labute approximate surface area is 120 Å². The molecule has 0 radical (unpaired) electrons. The maximum Gasteiger partial charge on any atom is 0.321 e. The number of carboxylic acid groups (broad SMARTS) is 1. The summed E-state index contributed by atoms with van der Waals surface area (Å²) in [7, 11) is 1.55. The summed E-state index contributed by atoms with van der Waals surface area (Å²) in [6.07, 6.45) is 1.64. The van der Waals surface area contributed by atoms with E-state index in [0.717, 1.165) is 4.47 Å². The van der Waals surface area contributed by atoms with Crippen LogP contribution in [-0.2, 0) is 4.79 Å². The lowest BCUT2D eigenvalue weighted by Gasteiger charge is -2.20. The Hall–Kier alpha value is -1.63. The van der Waals surface area contributed by atoms with Crippen molar-refractivity contribution in [3.8, 4) is 0 Å². The number of aromatic nitrogens is 1. The van der Waals surface area contributed by atoms with Crippen molar-refractivity contribution >= 4 is 33.6 Å². The number of carbonyl (C=O) groups is 2. The van der Waals surface area contributed by atoms with Crippen LogP contribution < -0.4 is 5.32 Å². The molecule has 1 aromatic heterocycles. The normalized spacial score (nSPS) is 11.8. The largest absolute Gasteiger partial charge is 0.481 e. The monoisotopic (exact) mass is 329 g/mol. The molecule has 2 N–H and O–H groups in total. The average Bonchev–Trinajstić information content (AvgIpc) is 2.33. The third-order valence-corrected chi connectivity index (χ3v) is 3.04. The summed E-state index contributed by atoms with van der Waals surface area (Å²) < 4.78 is 0.759. The minimum absolute atomic E-state index is 0.141. The number of hydrogen-bond donors (Lipinski definition) is 2. The van der Waals surface area contributed by atoms with Crippen molar-refractivity contribution < 1.29 is 14.7 Å². The Balaban J connectivity index is 2.68. The van der Waals surface area contributed by atoms with Gasteiger partial charge < -0.3 is 15.3 Å². The second kappa shape index (κ2) is 6.51. The van der Waals surface area contributed by atoms with Gasteiger partial charge in [0, 0.05) is 24.3 Å². The molecular weight excluding hydrogens is 314 g/mol. The molecule has 0 bridgehead atoms. The molecule has 0 saturated heterocycles. The molecule has 0 aliphatic heterocycles. The first kappa shape index (κ1) is 15.4. The van der Waals surface area contributed by atoms with E-state index in [1.54, 1.807) is 33.2 Å². The molecule has 6 nitrogen and oxygen atoms in total. The predicted octanol–water partition coefficient (Wildman–Crippen LogP) is 2.34. The molecule has 1 atom stereocenters. The van der Waals surface area contributed by atoms with Crippen LogP contribution >= 0.6 is 15.9 Å². The van der Waals surface area contributed by atoms with Crippen LogP contribution in [0.15, 0.2) is 16.7 Å². The van der Waals surface area contributed by atoms with E-state index in [1.165, 1.54) is 4.90 Å². The molecule has 1 unspecified atom stereocenters. The second-order valence-electron chi connectivity index (χ2n) is 4.34. The fraction of sp³-hybridized carbons (Fsp3) is 0.417. The highest BCUT2D eigenvalue weighted by molar-refractivity contribution is 9.10. The molecule has 2 amide bonds. The Morgan fingerprint density at radius 3 is 2.79 bits per heavy atom. The zero-order valence-corrected chi connectivity index (χ0v) is 12.6. The highest BCUT2D eigenvalue weighted by atomic mass is 79.9. The molecule has 0 aromatic carbocycles. The zero-order chi connectivity index (χ0) is 14.6. The minimum atomic E-state index is -0.931. The Morgan fingerprint density at radius 1 is 1.58 bits per heavy atom. The number of carboxylic acids is 1. The van der Waals surface area contributed by atoms with Crippen molar-refractivity contribution in [1.82, 2.24) is 9.88 Å². The second-order valence-corrected chi connectivity index (χ2v) is 5.25. The van der Waals surface area contributed by atoms with Gasteiger partial charge in [0.25, 0.3) is 0 Å². The van der Waals surface area contributed by atoms with Gasteiger partial charge in [0.05, 0.1) is 17.3 Å². The number of aryl methyl sites for hydroxylation is 1. The summed E-state index contributed by atoms with van der Waals surface area (Å²) in [4.78, 5) is 28.1. The molecule has 104 valence electrons. The van der Waals surface area contributed by atoms with Crippen LogP contribution in [0.25, 0.3) is 0 Å². The van der Waals surface area contributed by atoms with E-state index in [2.05, 4.69) is 26.2 Å². The number of nitrogens with one attached hydrogen (secondary N) is 1. The SMILES string of the molecule is Cc1ncc(Br)cc1NC(=O)N(C)CC(C)C(=O)O. The summed E-state index contributed by atoms with van der Waals surface area (Å²) in [6.45, 7) is 3.47. The van der Waals surface area contributed by atoms with Crippen molar-refractivity contribution in [3.05, 3.63) is 22.4 Å². The number of anilines is 1. The van der Waals surface area contributed by atoms with Crippen LogP contribution in [0.5, 0.6) is 0 Å². The number of carbonyl (C=O) groups excluding carboxylic acids is 1. The quantitative estimate of drug-likeness (QED) is 0.888. The molecule has 1 aromatic rings. The van der Waals surface area contributed by atoms with Crippen LogP contribution in [0.1, 0.15) is 12.6 Å². The van der Waals surface area contributed by atoms with Crippen molar-refractivity contribution in [3.63, 3.8) is 0 Å². The molecule has 1 rings (SSSR count). The number of amides is 2. The van der Waals surface area contributed by atoms with E-state index in [0.29, 0.717) is 11.4 Å². The molecule has 1 heterocycles. The molecule has 7 heteroatoms. The maximum atomic E-state index is 11.9. The number of nitrogens with zero attached hydrogens (tertiary/aromatic N) is 2. The van der Waals surface area contributed by atoms with Crippen LogP contribution in [0.4, 0.5) is 10.5 Å². The smallest absolute Gasteiger partial charge is 0.321 e. The van der Waals surface area contributed by atoms with E-state index < -0.39 is 11.9 Å². The fourth-order valence-electron chi connectivity index (χ4n) is 1.42. The Kier molecular flexibility index (Phi) is 5.29. The third kappa shape index (κ3) is 4.51. The molecular formula is C12H16BrN3O3. The van der Waals surface area contributed by atoms with Crippen LogP contribution in [0, 0.1) is 12.8 Å². The third-order valence-electron chi connectivity index (χ3n) is 2.61. The van der Waals surface area contributed by atoms with Crippen molar-refractivity contribution in [2.24, 2.45) is 5.92 Å². The number of rotatable bonds is 4. The van der Waals surface area contributed by atoms with Gasteiger partial charge in [-0.05, 0) is 28.9 Å². The van der Waals surface area contributed by atoms with Gasteiger partial charge in [0.2, 0.25) is 0 Å². The van der Waals surface area contributed by atoms with Crippen molar-refractivity contribution in [2.45, 2.75) is 13.8 Å². The molecule has 0 saturated carbocycles. The lowest BCUT2D eigenvalue weighted by Crippen LogP contribution is -2.36. The topological polar surface area (TPSA) is 82.5 Å². The average molecular weight is 330 g/mol. The van der Waals surface area contributed by atoms with Gasteiger partial charge >= 0.3 is 12.0 Å². The zero-order valence-electron chi connectivity index (χ0n) is 11.0. The van der Waals surface area contributed by atoms with E-state index in [9.17, 15) is 9.59 Å². The van der Waals surface area contributed by atoms with Gasteiger partial charge in [0.1, 0.15) is 0 Å². The van der Waals surface area contributed by atoms with E-state index in [1.807, 2.05) is 0 Å².